The Morgan fingerprint density at radius 2 is 0.906 bits per heavy atom. The largest absolute Gasteiger partial charge is 0.456 e. The van der Waals surface area contributed by atoms with Crippen LogP contribution in [0.5, 0.6) is 0 Å². The molecule has 0 fully saturated rings. The Balaban J connectivity index is 1.08. The van der Waals surface area contributed by atoms with Crippen molar-refractivity contribution in [1.29, 1.82) is 0 Å². The minimum Gasteiger partial charge on any atom is -0.456 e. The standard InChI is InChI=1S/C60H35N3O/c1-3-16-41-36(13-1)15-11-23-42(41)38-27-29-39(30-28-38)57-49-22-9-10-26-52(49)61-60(62-57)63-58-44(40-32-33-53-51(35-40)55-43-17-4-2-14-37(43)31-34-54(55)64-53)24-12-25-50(58)56-47-20-7-5-18-45(47)46-19-6-8-21-48(46)59(56)63/h1-35H. The molecule has 0 bridgehead atoms. The summed E-state index contributed by atoms with van der Waals surface area (Å²) < 4.78 is 8.85. The van der Waals surface area contributed by atoms with Crippen LogP contribution in [0.15, 0.2) is 217 Å². The maximum Gasteiger partial charge on any atom is 0.235 e. The SMILES string of the molecule is c1ccc2c(-c3ccc(-c4nc(-n5c6c(-c7ccc8oc9ccc%10ccccc%10c9c8c7)cccc6c6c7ccccc7c7ccccc7c65)nc5ccccc45)cc3)cccc2c1. The summed E-state index contributed by atoms with van der Waals surface area (Å²) in [5, 5.41) is 15.2. The van der Waals surface area contributed by atoms with Crippen molar-refractivity contribution in [2.24, 2.45) is 0 Å². The number of para-hydroxylation sites is 2. The predicted octanol–water partition coefficient (Wildman–Crippen LogP) is 16.2. The first-order valence-electron chi connectivity index (χ1n) is 21.8. The van der Waals surface area contributed by atoms with E-state index in [1.807, 2.05) is 0 Å². The zero-order chi connectivity index (χ0) is 41.9. The van der Waals surface area contributed by atoms with E-state index in [2.05, 4.69) is 217 Å². The van der Waals surface area contributed by atoms with Crippen LogP contribution in [-0.2, 0) is 0 Å². The van der Waals surface area contributed by atoms with E-state index in [4.69, 9.17) is 14.4 Å². The van der Waals surface area contributed by atoms with E-state index in [0.29, 0.717) is 5.95 Å². The van der Waals surface area contributed by atoms with E-state index in [1.165, 1.54) is 54.2 Å². The second-order valence-corrected chi connectivity index (χ2v) is 16.8. The minimum atomic E-state index is 0.626. The van der Waals surface area contributed by atoms with E-state index in [-0.39, 0.29) is 0 Å². The molecule has 3 aromatic heterocycles. The fraction of sp³-hybridized carbons (Fsp3) is 0. The zero-order valence-corrected chi connectivity index (χ0v) is 34.5. The van der Waals surface area contributed by atoms with E-state index < -0.39 is 0 Å². The van der Waals surface area contributed by atoms with Gasteiger partial charge in [-0.15, -0.1) is 0 Å². The van der Waals surface area contributed by atoms with Crippen LogP contribution in [0.1, 0.15) is 0 Å². The van der Waals surface area contributed by atoms with E-state index in [1.54, 1.807) is 0 Å². The third-order valence-corrected chi connectivity index (χ3v) is 13.4. The van der Waals surface area contributed by atoms with Crippen LogP contribution >= 0.6 is 0 Å². The molecule has 64 heavy (non-hydrogen) atoms. The first-order valence-corrected chi connectivity index (χ1v) is 21.8. The van der Waals surface area contributed by atoms with Crippen LogP contribution in [-0.4, -0.2) is 14.5 Å². The highest BCUT2D eigenvalue weighted by atomic mass is 16.3. The Morgan fingerprint density at radius 1 is 0.328 bits per heavy atom. The highest BCUT2D eigenvalue weighted by molar-refractivity contribution is 6.33. The number of benzene rings is 11. The van der Waals surface area contributed by atoms with Gasteiger partial charge in [-0.2, -0.15) is 0 Å². The summed E-state index contributed by atoms with van der Waals surface area (Å²) in [6.45, 7) is 0. The third kappa shape index (κ3) is 5.05. The fourth-order valence-electron chi connectivity index (χ4n) is 10.5. The molecule has 0 saturated heterocycles. The quantitative estimate of drug-likeness (QED) is 0.166. The van der Waals surface area contributed by atoms with Crippen LogP contribution in [0.2, 0.25) is 0 Å². The van der Waals surface area contributed by atoms with Crippen molar-refractivity contribution in [1.82, 2.24) is 14.5 Å². The molecule has 0 aliphatic heterocycles. The fourth-order valence-corrected chi connectivity index (χ4v) is 10.5. The zero-order valence-electron chi connectivity index (χ0n) is 34.5. The highest BCUT2D eigenvalue weighted by Crippen LogP contribution is 2.46. The lowest BCUT2D eigenvalue weighted by molar-refractivity contribution is 0.669. The lowest BCUT2D eigenvalue weighted by atomic mass is 9.95. The second-order valence-electron chi connectivity index (χ2n) is 16.8. The maximum absolute atomic E-state index is 6.50. The minimum absolute atomic E-state index is 0.626. The maximum atomic E-state index is 6.50. The van der Waals surface area contributed by atoms with Crippen LogP contribution in [0.25, 0.3) is 137 Å². The number of hydrogen-bond acceptors (Lipinski definition) is 3. The number of aromatic nitrogens is 3. The first-order chi connectivity index (χ1) is 31.7. The Hall–Kier alpha value is -8.60. The number of fused-ring (bicyclic) bond motifs is 15. The molecule has 14 aromatic rings. The Labute approximate surface area is 366 Å². The number of furan rings is 1. The van der Waals surface area contributed by atoms with Gasteiger partial charge in [0.2, 0.25) is 5.95 Å². The van der Waals surface area contributed by atoms with Crippen molar-refractivity contribution in [3.8, 4) is 39.5 Å². The predicted molar refractivity (Wildman–Crippen MR) is 267 cm³/mol. The molecular weight excluding hydrogens is 779 g/mol. The molecule has 14 rings (SSSR count). The van der Waals surface area contributed by atoms with Gasteiger partial charge in [-0.05, 0) is 78.7 Å². The summed E-state index contributed by atoms with van der Waals surface area (Å²) in [5.41, 5.74) is 11.3. The molecule has 4 heteroatoms. The molecule has 0 spiro atoms. The van der Waals surface area contributed by atoms with Gasteiger partial charge in [-0.3, -0.25) is 4.57 Å². The number of hydrogen-bond donors (Lipinski definition) is 0. The number of rotatable bonds is 4. The van der Waals surface area contributed by atoms with Gasteiger partial charge >= 0.3 is 0 Å². The molecule has 0 N–H and O–H groups in total. The first kappa shape index (κ1) is 35.0. The molecule has 0 saturated carbocycles. The van der Waals surface area contributed by atoms with Gasteiger partial charge < -0.3 is 4.42 Å². The van der Waals surface area contributed by atoms with Gasteiger partial charge in [0, 0.05) is 43.4 Å². The summed E-state index contributed by atoms with van der Waals surface area (Å²) in [5.74, 6) is 0.626. The number of nitrogens with zero attached hydrogens (tertiary/aromatic N) is 3. The lowest BCUT2D eigenvalue weighted by Crippen LogP contribution is -2.04. The summed E-state index contributed by atoms with van der Waals surface area (Å²) in [6, 6.07) is 76.1. The average molecular weight is 814 g/mol. The molecule has 0 atom stereocenters. The topological polar surface area (TPSA) is 43.9 Å². The average Bonchev–Trinajstić information content (AvgIpc) is 3.93. The second kappa shape index (κ2) is 13.4. The molecule has 0 unspecified atom stereocenters. The van der Waals surface area contributed by atoms with Crippen molar-refractivity contribution in [2.75, 3.05) is 0 Å². The van der Waals surface area contributed by atoms with E-state index in [0.717, 1.165) is 77.0 Å². The molecular formula is C60H35N3O. The van der Waals surface area contributed by atoms with Crippen molar-refractivity contribution in [3.05, 3.63) is 212 Å². The van der Waals surface area contributed by atoms with Gasteiger partial charge in [0.1, 0.15) is 11.2 Å². The molecule has 0 amide bonds. The Kier molecular flexibility index (Phi) is 7.36. The van der Waals surface area contributed by atoms with Crippen molar-refractivity contribution in [2.45, 2.75) is 0 Å². The monoisotopic (exact) mass is 813 g/mol. The molecule has 11 aromatic carbocycles. The Bertz CT molecular complexity index is 4250. The summed E-state index contributed by atoms with van der Waals surface area (Å²) >= 11 is 0. The summed E-state index contributed by atoms with van der Waals surface area (Å²) in [7, 11) is 0. The lowest BCUT2D eigenvalue weighted by Gasteiger charge is -2.15. The summed E-state index contributed by atoms with van der Waals surface area (Å²) in [6.07, 6.45) is 0. The Morgan fingerprint density at radius 3 is 1.73 bits per heavy atom. The van der Waals surface area contributed by atoms with Gasteiger partial charge in [-0.1, -0.05) is 188 Å². The molecule has 3 heterocycles. The van der Waals surface area contributed by atoms with Crippen molar-refractivity contribution in [3.63, 3.8) is 0 Å². The molecule has 0 aliphatic rings. The third-order valence-electron chi connectivity index (χ3n) is 13.4. The smallest absolute Gasteiger partial charge is 0.235 e. The normalized spacial score (nSPS) is 12.1. The van der Waals surface area contributed by atoms with Crippen LogP contribution < -0.4 is 0 Å². The van der Waals surface area contributed by atoms with Gasteiger partial charge in [0.25, 0.3) is 0 Å². The van der Waals surface area contributed by atoms with Crippen LogP contribution in [0.4, 0.5) is 0 Å². The van der Waals surface area contributed by atoms with Gasteiger partial charge in [-0.25, -0.2) is 9.97 Å². The summed E-state index contributed by atoms with van der Waals surface area (Å²) in [4.78, 5) is 11.1. The van der Waals surface area contributed by atoms with Crippen molar-refractivity contribution < 1.29 is 4.42 Å². The molecule has 296 valence electrons. The van der Waals surface area contributed by atoms with Gasteiger partial charge in [0.05, 0.1) is 22.2 Å². The van der Waals surface area contributed by atoms with Gasteiger partial charge in [0.15, 0.2) is 0 Å². The van der Waals surface area contributed by atoms with E-state index in [9.17, 15) is 0 Å². The van der Waals surface area contributed by atoms with Crippen LogP contribution in [0.3, 0.4) is 0 Å². The van der Waals surface area contributed by atoms with Crippen LogP contribution in [0, 0.1) is 0 Å². The molecule has 4 nitrogen and oxygen atoms in total. The van der Waals surface area contributed by atoms with E-state index >= 15 is 0 Å². The highest BCUT2D eigenvalue weighted by Gasteiger charge is 2.24. The molecule has 0 aliphatic carbocycles. The molecule has 0 radical (unpaired) electrons. The van der Waals surface area contributed by atoms with Crippen molar-refractivity contribution >= 4 is 97.7 Å².